The summed E-state index contributed by atoms with van der Waals surface area (Å²) in [5.41, 5.74) is 0.823. The fraction of sp³-hybridized carbons (Fsp3) is 0.462. The number of nitrogens with zero attached hydrogens (tertiary/aromatic N) is 3. The number of pyridine rings is 1. The summed E-state index contributed by atoms with van der Waals surface area (Å²) < 4.78 is 34.7. The minimum absolute atomic E-state index is 0.166. The molecule has 0 spiro atoms. The van der Waals surface area contributed by atoms with E-state index in [1.54, 1.807) is 18.5 Å². The van der Waals surface area contributed by atoms with Gasteiger partial charge in [0.25, 0.3) is 0 Å². The Balaban J connectivity index is 1.64. The first-order valence-corrected chi connectivity index (χ1v) is 8.65. The zero-order valence-electron chi connectivity index (χ0n) is 12.5. The molecule has 130 valence electrons. The van der Waals surface area contributed by atoms with Crippen LogP contribution in [0, 0.1) is 0 Å². The first kappa shape index (κ1) is 16.6. The van der Waals surface area contributed by atoms with Crippen LogP contribution in [0.5, 0.6) is 0 Å². The maximum atomic E-state index is 12.3. The second-order valence-corrected chi connectivity index (χ2v) is 6.59. The molecule has 0 aliphatic carbocycles. The molecule has 2 N–H and O–H groups in total. The van der Waals surface area contributed by atoms with Gasteiger partial charge in [0.2, 0.25) is 5.91 Å². The second-order valence-electron chi connectivity index (χ2n) is 5.59. The summed E-state index contributed by atoms with van der Waals surface area (Å²) in [6, 6.07) is 1.59. The number of fused-ring (bicyclic) bond motifs is 2. The Kier molecular flexibility index (Phi) is 4.39. The molecule has 3 rings (SSSR count). The number of carbonyl (C=O) groups is 2. The third-order valence-electron chi connectivity index (χ3n) is 3.99. The summed E-state index contributed by atoms with van der Waals surface area (Å²) in [6.45, 7) is 0.444. The molecule has 2 aliphatic heterocycles. The Morgan fingerprint density at radius 2 is 2.25 bits per heavy atom. The summed E-state index contributed by atoms with van der Waals surface area (Å²) >= 11 is 0. The average molecular weight is 356 g/mol. The lowest BCUT2D eigenvalue weighted by atomic mass is 10.0. The highest BCUT2D eigenvalue weighted by Gasteiger charge is 2.49. The van der Waals surface area contributed by atoms with E-state index in [0.29, 0.717) is 17.9 Å². The zero-order chi connectivity index (χ0) is 17.3. The largest absolute Gasteiger partial charge is 0.418 e. The van der Waals surface area contributed by atoms with Gasteiger partial charge in [-0.25, -0.2) is 4.79 Å². The van der Waals surface area contributed by atoms with Gasteiger partial charge in [0, 0.05) is 25.5 Å². The van der Waals surface area contributed by atoms with Gasteiger partial charge in [-0.2, -0.15) is 13.5 Å². The molecule has 0 saturated carbocycles. The Morgan fingerprint density at radius 1 is 1.46 bits per heavy atom. The maximum Gasteiger partial charge on any atom is 0.418 e. The first-order valence-electron chi connectivity index (χ1n) is 7.28. The van der Waals surface area contributed by atoms with Gasteiger partial charge in [0.05, 0.1) is 6.04 Å². The van der Waals surface area contributed by atoms with Gasteiger partial charge in [-0.3, -0.25) is 14.3 Å². The zero-order valence-corrected chi connectivity index (χ0v) is 13.3. The summed E-state index contributed by atoms with van der Waals surface area (Å²) in [4.78, 5) is 29.8. The van der Waals surface area contributed by atoms with Crippen LogP contribution in [0.2, 0.25) is 0 Å². The van der Waals surface area contributed by atoms with Crippen LogP contribution in [0.3, 0.4) is 0 Å². The third kappa shape index (κ3) is 3.47. The smallest absolute Gasteiger partial charge is 0.350 e. The van der Waals surface area contributed by atoms with Crippen molar-refractivity contribution in [2.75, 3.05) is 6.54 Å². The Labute approximate surface area is 138 Å². The van der Waals surface area contributed by atoms with E-state index in [2.05, 4.69) is 14.6 Å². The summed E-state index contributed by atoms with van der Waals surface area (Å²) in [7, 11) is -4.79. The topological polar surface area (TPSA) is 129 Å². The fourth-order valence-electron chi connectivity index (χ4n) is 2.91. The highest BCUT2D eigenvalue weighted by molar-refractivity contribution is 7.80. The fourth-order valence-corrected chi connectivity index (χ4v) is 3.30. The van der Waals surface area contributed by atoms with Crippen molar-refractivity contribution >= 4 is 22.3 Å². The van der Waals surface area contributed by atoms with Gasteiger partial charge in [-0.05, 0) is 24.5 Å². The van der Waals surface area contributed by atoms with Gasteiger partial charge in [-0.1, -0.05) is 6.07 Å². The van der Waals surface area contributed by atoms with E-state index < -0.39 is 28.5 Å². The molecule has 2 saturated heterocycles. The van der Waals surface area contributed by atoms with Crippen LogP contribution in [0.1, 0.15) is 18.4 Å². The van der Waals surface area contributed by atoms with Gasteiger partial charge in [0.15, 0.2) is 0 Å². The number of carbonyl (C=O) groups excluding carboxylic acids is 2. The van der Waals surface area contributed by atoms with Crippen molar-refractivity contribution in [3.8, 4) is 0 Å². The lowest BCUT2D eigenvalue weighted by Gasteiger charge is -2.29. The number of aromatic nitrogens is 1. The lowest BCUT2D eigenvalue weighted by molar-refractivity contribution is -0.126. The Bertz CT molecular complexity index is 740. The Hall–Kier alpha value is -2.24. The normalized spacial score (nSPS) is 23.5. The Morgan fingerprint density at radius 3 is 2.92 bits per heavy atom. The highest BCUT2D eigenvalue weighted by atomic mass is 32.3. The summed E-state index contributed by atoms with van der Waals surface area (Å²) in [6.07, 6.45) is 4.02. The van der Waals surface area contributed by atoms with Gasteiger partial charge < -0.3 is 10.2 Å². The molecule has 11 heteroatoms. The highest BCUT2D eigenvalue weighted by Crippen LogP contribution is 2.30. The van der Waals surface area contributed by atoms with E-state index >= 15 is 0 Å². The number of rotatable bonds is 5. The monoisotopic (exact) mass is 356 g/mol. The predicted molar refractivity (Wildman–Crippen MR) is 79.5 cm³/mol. The number of amides is 3. The van der Waals surface area contributed by atoms with Crippen LogP contribution >= 0.6 is 0 Å². The number of nitrogens with one attached hydrogen (secondary N) is 1. The third-order valence-corrected chi connectivity index (χ3v) is 4.34. The summed E-state index contributed by atoms with van der Waals surface area (Å²) in [5.74, 6) is -0.334. The molecule has 2 unspecified atom stereocenters. The molecular formula is C13H16N4O6S. The van der Waals surface area contributed by atoms with Gasteiger partial charge in [0.1, 0.15) is 6.04 Å². The number of piperidine rings is 1. The van der Waals surface area contributed by atoms with Crippen LogP contribution < -0.4 is 5.32 Å². The van der Waals surface area contributed by atoms with Crippen molar-refractivity contribution in [1.29, 1.82) is 0 Å². The average Bonchev–Trinajstić information content (AvgIpc) is 2.77. The van der Waals surface area contributed by atoms with Crippen LogP contribution in [0.15, 0.2) is 24.5 Å². The maximum absolute atomic E-state index is 12.3. The van der Waals surface area contributed by atoms with Crippen molar-refractivity contribution in [1.82, 2.24) is 20.3 Å². The van der Waals surface area contributed by atoms with Crippen molar-refractivity contribution in [3.63, 3.8) is 0 Å². The number of urea groups is 1. The standard InChI is InChI=1S/C13H16N4O6S/c18-12(15-7-9-2-1-5-14-6-9)11-4-3-10-8-16(11)13(19)17(10)23-24(20,21)22/h1-2,5-6,10-11H,3-4,7-8H2,(H,15,18)(H,20,21,22). The van der Waals surface area contributed by atoms with Crippen LogP contribution in [0.4, 0.5) is 4.79 Å². The molecule has 1 aromatic heterocycles. The van der Waals surface area contributed by atoms with Crippen molar-refractivity contribution in [3.05, 3.63) is 30.1 Å². The molecule has 3 heterocycles. The molecule has 3 amide bonds. The van der Waals surface area contributed by atoms with E-state index in [0.717, 1.165) is 5.56 Å². The lowest BCUT2D eigenvalue weighted by Crippen LogP contribution is -2.49. The van der Waals surface area contributed by atoms with E-state index in [9.17, 15) is 18.0 Å². The molecule has 0 aromatic carbocycles. The van der Waals surface area contributed by atoms with Crippen molar-refractivity contribution in [2.24, 2.45) is 0 Å². The molecule has 2 fully saturated rings. The quantitative estimate of drug-likeness (QED) is 0.693. The molecular weight excluding hydrogens is 340 g/mol. The van der Waals surface area contributed by atoms with Crippen LogP contribution in [-0.2, 0) is 26.0 Å². The van der Waals surface area contributed by atoms with E-state index in [1.807, 2.05) is 6.07 Å². The van der Waals surface area contributed by atoms with Gasteiger partial charge >= 0.3 is 16.4 Å². The number of hydrogen-bond acceptors (Lipinski definition) is 6. The van der Waals surface area contributed by atoms with E-state index in [-0.39, 0.29) is 19.0 Å². The minimum Gasteiger partial charge on any atom is -0.350 e. The molecule has 24 heavy (non-hydrogen) atoms. The molecule has 0 radical (unpaired) electrons. The molecule has 2 atom stereocenters. The number of hydroxylamine groups is 2. The molecule has 10 nitrogen and oxygen atoms in total. The van der Waals surface area contributed by atoms with Crippen LogP contribution in [-0.4, -0.2) is 58.5 Å². The van der Waals surface area contributed by atoms with Crippen molar-refractivity contribution < 1.29 is 26.8 Å². The van der Waals surface area contributed by atoms with Crippen molar-refractivity contribution in [2.45, 2.75) is 31.5 Å². The SMILES string of the molecule is O=C(NCc1cccnc1)C1CCC2CN1C(=O)N2OS(=O)(=O)O. The molecule has 2 bridgehead atoms. The van der Waals surface area contributed by atoms with E-state index in [1.165, 1.54) is 4.90 Å². The molecule has 2 aliphatic rings. The second kappa shape index (κ2) is 6.34. The van der Waals surface area contributed by atoms with Crippen LogP contribution in [0.25, 0.3) is 0 Å². The summed E-state index contributed by atoms with van der Waals surface area (Å²) in [5, 5.41) is 3.35. The number of hydrogen-bond donors (Lipinski definition) is 2. The van der Waals surface area contributed by atoms with Gasteiger partial charge in [-0.15, -0.1) is 4.28 Å². The van der Waals surface area contributed by atoms with E-state index in [4.69, 9.17) is 4.55 Å². The first-order chi connectivity index (χ1) is 11.3. The predicted octanol–water partition coefficient (Wildman–Crippen LogP) is -0.299. The molecule has 1 aromatic rings. The minimum atomic E-state index is -4.79.